The highest BCUT2D eigenvalue weighted by Gasteiger charge is 2.23. The summed E-state index contributed by atoms with van der Waals surface area (Å²) in [5.74, 6) is 0. The maximum atomic E-state index is 11.7. The Morgan fingerprint density at radius 1 is 1.35 bits per heavy atom. The Morgan fingerprint density at radius 2 is 2.00 bits per heavy atom. The van der Waals surface area contributed by atoms with Crippen LogP contribution in [0.4, 0.5) is 4.79 Å². The Hall–Kier alpha value is -1.22. The Labute approximate surface area is 108 Å². The number of rotatable bonds is 3. The van der Waals surface area contributed by atoms with Gasteiger partial charge in [0, 0.05) is 11.1 Å². The monoisotopic (exact) mass is 254 g/mol. The van der Waals surface area contributed by atoms with Gasteiger partial charge in [-0.15, -0.1) is 0 Å². The van der Waals surface area contributed by atoms with Gasteiger partial charge in [0.2, 0.25) is 0 Å². The fraction of sp³-hybridized carbons (Fsp3) is 0.462. The molecule has 0 atom stereocenters. The number of amides is 2. The maximum Gasteiger partial charge on any atom is 0.315 e. The van der Waals surface area contributed by atoms with Gasteiger partial charge < -0.3 is 10.6 Å². The lowest BCUT2D eigenvalue weighted by Crippen LogP contribution is -2.48. The Kier molecular flexibility index (Phi) is 4.40. The molecule has 0 aliphatic heterocycles. The fourth-order valence-electron chi connectivity index (χ4n) is 1.53. The minimum absolute atomic E-state index is 0.116. The van der Waals surface area contributed by atoms with E-state index in [-0.39, 0.29) is 12.1 Å². The molecule has 0 saturated heterocycles. The highest BCUT2D eigenvalue weighted by molar-refractivity contribution is 6.30. The number of benzene rings is 1. The summed E-state index contributed by atoms with van der Waals surface area (Å²) in [4.78, 5) is 11.7. The number of hydrogen-bond donors (Lipinski definition) is 2. The number of hydrogen-bond acceptors (Lipinski definition) is 1. The smallest absolute Gasteiger partial charge is 0.315 e. The van der Waals surface area contributed by atoms with E-state index in [0.717, 1.165) is 5.56 Å². The molecule has 0 aliphatic rings. The second-order valence-corrected chi connectivity index (χ2v) is 5.32. The van der Waals surface area contributed by atoms with Crippen molar-refractivity contribution in [3.8, 4) is 0 Å². The summed E-state index contributed by atoms with van der Waals surface area (Å²) in [5.41, 5.74) is 0.521. The lowest BCUT2D eigenvalue weighted by Gasteiger charge is -2.27. The molecule has 0 heterocycles. The summed E-state index contributed by atoms with van der Waals surface area (Å²) >= 11 is 5.94. The molecule has 0 unspecified atom stereocenters. The molecule has 2 amide bonds. The van der Waals surface area contributed by atoms with Crippen LogP contribution in [-0.4, -0.2) is 12.1 Å². The van der Waals surface area contributed by atoms with Crippen molar-refractivity contribution in [2.24, 2.45) is 0 Å². The maximum absolute atomic E-state index is 11.7. The minimum Gasteiger partial charge on any atom is -0.336 e. The molecule has 0 aromatic heterocycles. The molecule has 94 valence electrons. The van der Waals surface area contributed by atoms with E-state index in [1.54, 1.807) is 0 Å². The first kappa shape index (κ1) is 13.8. The number of carbonyl (C=O) groups is 1. The van der Waals surface area contributed by atoms with Gasteiger partial charge in [0.05, 0.1) is 5.54 Å². The summed E-state index contributed by atoms with van der Waals surface area (Å²) < 4.78 is 0. The van der Waals surface area contributed by atoms with Crippen LogP contribution < -0.4 is 10.6 Å². The highest BCUT2D eigenvalue weighted by Crippen LogP contribution is 2.22. The molecule has 0 spiro atoms. The van der Waals surface area contributed by atoms with Gasteiger partial charge in [-0.1, -0.05) is 23.7 Å². The standard InChI is InChI=1S/C13H19ClN2O/c1-9(2)15-12(17)16-13(3,4)10-6-5-7-11(14)8-10/h5-9H,1-4H3,(H2,15,16,17). The van der Waals surface area contributed by atoms with Crippen molar-refractivity contribution in [2.75, 3.05) is 0 Å². The zero-order valence-electron chi connectivity index (χ0n) is 10.7. The topological polar surface area (TPSA) is 41.1 Å². The molecule has 1 rings (SSSR count). The lowest BCUT2D eigenvalue weighted by atomic mass is 9.94. The van der Waals surface area contributed by atoms with E-state index in [9.17, 15) is 4.79 Å². The molecule has 0 radical (unpaired) electrons. The van der Waals surface area contributed by atoms with Crippen LogP contribution in [-0.2, 0) is 5.54 Å². The lowest BCUT2D eigenvalue weighted by molar-refractivity contribution is 0.227. The van der Waals surface area contributed by atoms with E-state index >= 15 is 0 Å². The Balaban J connectivity index is 2.78. The van der Waals surface area contributed by atoms with Crippen LogP contribution in [0.2, 0.25) is 5.02 Å². The summed E-state index contributed by atoms with van der Waals surface area (Å²) in [6.45, 7) is 7.73. The first-order valence-corrected chi connectivity index (χ1v) is 6.04. The quantitative estimate of drug-likeness (QED) is 0.854. The summed E-state index contributed by atoms with van der Waals surface area (Å²) in [6, 6.07) is 7.44. The molecule has 2 N–H and O–H groups in total. The average Bonchev–Trinajstić information content (AvgIpc) is 2.15. The summed E-state index contributed by atoms with van der Waals surface area (Å²) in [6.07, 6.45) is 0. The van der Waals surface area contributed by atoms with Crippen molar-refractivity contribution in [1.82, 2.24) is 10.6 Å². The van der Waals surface area contributed by atoms with Gasteiger partial charge in [0.15, 0.2) is 0 Å². The van der Waals surface area contributed by atoms with Crippen LogP contribution in [0.25, 0.3) is 0 Å². The third kappa shape index (κ3) is 4.27. The van der Waals surface area contributed by atoms with Crippen LogP contribution >= 0.6 is 11.6 Å². The van der Waals surface area contributed by atoms with Crippen molar-refractivity contribution in [2.45, 2.75) is 39.3 Å². The third-order valence-electron chi connectivity index (χ3n) is 2.39. The molecule has 4 heteroatoms. The normalized spacial score (nSPS) is 11.4. The molecule has 3 nitrogen and oxygen atoms in total. The average molecular weight is 255 g/mol. The summed E-state index contributed by atoms with van der Waals surface area (Å²) in [7, 11) is 0. The zero-order chi connectivity index (χ0) is 13.1. The van der Waals surface area contributed by atoms with E-state index in [2.05, 4.69) is 10.6 Å². The minimum atomic E-state index is -0.454. The van der Waals surface area contributed by atoms with Gasteiger partial charge in [0.25, 0.3) is 0 Å². The van der Waals surface area contributed by atoms with Gasteiger partial charge in [-0.2, -0.15) is 0 Å². The van der Waals surface area contributed by atoms with E-state index < -0.39 is 5.54 Å². The highest BCUT2D eigenvalue weighted by atomic mass is 35.5. The van der Waals surface area contributed by atoms with Crippen molar-refractivity contribution in [3.05, 3.63) is 34.9 Å². The predicted molar refractivity (Wildman–Crippen MR) is 71.3 cm³/mol. The number of nitrogens with one attached hydrogen (secondary N) is 2. The van der Waals surface area contributed by atoms with E-state index in [1.165, 1.54) is 0 Å². The van der Waals surface area contributed by atoms with Gasteiger partial charge in [0.1, 0.15) is 0 Å². The second kappa shape index (κ2) is 5.41. The molecule has 1 aromatic rings. The van der Waals surface area contributed by atoms with Crippen LogP contribution in [0.1, 0.15) is 33.3 Å². The molecule has 1 aromatic carbocycles. The van der Waals surface area contributed by atoms with E-state index in [0.29, 0.717) is 5.02 Å². The fourth-order valence-corrected chi connectivity index (χ4v) is 1.72. The number of carbonyl (C=O) groups excluding carboxylic acids is 1. The predicted octanol–water partition coefficient (Wildman–Crippen LogP) is 3.28. The largest absolute Gasteiger partial charge is 0.336 e. The van der Waals surface area contributed by atoms with Gasteiger partial charge in [-0.3, -0.25) is 0 Å². The van der Waals surface area contributed by atoms with E-state index in [1.807, 2.05) is 52.0 Å². The first-order valence-electron chi connectivity index (χ1n) is 5.66. The SMILES string of the molecule is CC(C)NC(=O)NC(C)(C)c1cccc(Cl)c1. The molecular weight excluding hydrogens is 236 g/mol. The van der Waals surface area contributed by atoms with Crippen molar-refractivity contribution >= 4 is 17.6 Å². The molecule has 17 heavy (non-hydrogen) atoms. The Morgan fingerprint density at radius 3 is 2.53 bits per heavy atom. The zero-order valence-corrected chi connectivity index (χ0v) is 11.4. The molecule has 0 saturated carbocycles. The van der Waals surface area contributed by atoms with Crippen LogP contribution in [0.15, 0.2) is 24.3 Å². The molecule has 0 aliphatic carbocycles. The Bertz CT molecular complexity index is 402. The van der Waals surface area contributed by atoms with E-state index in [4.69, 9.17) is 11.6 Å². The van der Waals surface area contributed by atoms with Crippen LogP contribution in [0.5, 0.6) is 0 Å². The number of halogens is 1. The van der Waals surface area contributed by atoms with Gasteiger partial charge >= 0.3 is 6.03 Å². The van der Waals surface area contributed by atoms with Crippen LogP contribution in [0, 0.1) is 0 Å². The van der Waals surface area contributed by atoms with Gasteiger partial charge in [-0.05, 0) is 45.4 Å². The van der Waals surface area contributed by atoms with Crippen LogP contribution in [0.3, 0.4) is 0 Å². The molecular formula is C13H19ClN2O. The molecule has 0 bridgehead atoms. The van der Waals surface area contributed by atoms with Crippen molar-refractivity contribution in [3.63, 3.8) is 0 Å². The number of urea groups is 1. The van der Waals surface area contributed by atoms with Crippen molar-refractivity contribution in [1.29, 1.82) is 0 Å². The van der Waals surface area contributed by atoms with Crippen molar-refractivity contribution < 1.29 is 4.79 Å². The van der Waals surface area contributed by atoms with Gasteiger partial charge in [-0.25, -0.2) is 4.79 Å². The third-order valence-corrected chi connectivity index (χ3v) is 2.63. The first-order chi connectivity index (χ1) is 7.81. The second-order valence-electron chi connectivity index (χ2n) is 4.89. The summed E-state index contributed by atoms with van der Waals surface area (Å²) in [5, 5.41) is 6.39. The molecule has 0 fully saturated rings.